The van der Waals surface area contributed by atoms with Crippen LogP contribution in [-0.2, 0) is 0 Å². The summed E-state index contributed by atoms with van der Waals surface area (Å²) in [5.74, 6) is 5.07. The second-order valence-corrected chi connectivity index (χ2v) is 4.52. The normalized spacial score (nSPS) is 11.1. The van der Waals surface area contributed by atoms with Crippen LogP contribution in [-0.4, -0.2) is 6.21 Å². The van der Waals surface area contributed by atoms with Crippen LogP contribution < -0.4 is 5.84 Å². The van der Waals surface area contributed by atoms with Crippen molar-refractivity contribution in [3.63, 3.8) is 0 Å². The first-order valence-corrected chi connectivity index (χ1v) is 5.47. The minimum atomic E-state index is 1.09. The topological polar surface area (TPSA) is 38.4 Å². The standard InChI is InChI=1S/C9H8N2S2/c10-11-6-7-3-4-9(13-7)8-2-1-5-12-8/h1-6H,10H2/b11-6+. The molecule has 0 aromatic carbocycles. The quantitative estimate of drug-likeness (QED) is 0.460. The van der Waals surface area contributed by atoms with E-state index in [0.29, 0.717) is 0 Å². The Labute approximate surface area is 84.3 Å². The predicted octanol–water partition coefficient (Wildman–Crippen LogP) is 2.77. The molecule has 0 spiro atoms. The van der Waals surface area contributed by atoms with Gasteiger partial charge >= 0.3 is 0 Å². The fraction of sp³-hybridized carbons (Fsp3) is 0. The van der Waals surface area contributed by atoms with E-state index < -0.39 is 0 Å². The molecule has 2 rings (SSSR count). The molecule has 13 heavy (non-hydrogen) atoms. The van der Waals surface area contributed by atoms with Crippen LogP contribution in [0.4, 0.5) is 0 Å². The van der Waals surface area contributed by atoms with E-state index in [9.17, 15) is 0 Å². The molecule has 2 heterocycles. The van der Waals surface area contributed by atoms with Crippen molar-refractivity contribution in [3.8, 4) is 9.75 Å². The predicted molar refractivity (Wildman–Crippen MR) is 59.4 cm³/mol. The molecule has 4 heteroatoms. The largest absolute Gasteiger partial charge is 0.323 e. The summed E-state index contributed by atoms with van der Waals surface area (Å²) in [5, 5.41) is 5.56. The zero-order valence-electron chi connectivity index (χ0n) is 6.81. The van der Waals surface area contributed by atoms with Gasteiger partial charge in [-0.3, -0.25) is 0 Å². The number of nitrogens with two attached hydrogens (primary N) is 1. The Morgan fingerprint density at radius 2 is 2.15 bits per heavy atom. The van der Waals surface area contributed by atoms with E-state index >= 15 is 0 Å². The first-order chi connectivity index (χ1) is 6.40. The van der Waals surface area contributed by atoms with Crippen LogP contribution in [0.2, 0.25) is 0 Å². The van der Waals surface area contributed by atoms with Gasteiger partial charge in [-0.25, -0.2) is 0 Å². The first kappa shape index (κ1) is 8.47. The molecule has 0 unspecified atom stereocenters. The molecule has 66 valence electrons. The fourth-order valence-corrected chi connectivity index (χ4v) is 2.77. The van der Waals surface area contributed by atoms with Crippen molar-refractivity contribution in [2.45, 2.75) is 0 Å². The van der Waals surface area contributed by atoms with Crippen molar-refractivity contribution >= 4 is 28.9 Å². The van der Waals surface area contributed by atoms with Crippen molar-refractivity contribution in [2.75, 3.05) is 0 Å². The molecule has 0 fully saturated rings. The molecular formula is C9H8N2S2. The molecule has 0 atom stereocenters. The van der Waals surface area contributed by atoms with Gasteiger partial charge in [0.1, 0.15) is 0 Å². The number of nitrogens with zero attached hydrogens (tertiary/aromatic N) is 1. The Morgan fingerprint density at radius 3 is 2.85 bits per heavy atom. The number of hydrazone groups is 1. The summed E-state index contributed by atoms with van der Waals surface area (Å²) in [5.41, 5.74) is 0. The molecule has 2 N–H and O–H groups in total. The molecule has 0 saturated heterocycles. The zero-order valence-corrected chi connectivity index (χ0v) is 8.44. The van der Waals surface area contributed by atoms with Gasteiger partial charge in [0, 0.05) is 14.6 Å². The summed E-state index contributed by atoms with van der Waals surface area (Å²) in [6.45, 7) is 0. The summed E-state index contributed by atoms with van der Waals surface area (Å²) < 4.78 is 0. The van der Waals surface area contributed by atoms with E-state index in [2.05, 4.69) is 28.7 Å². The van der Waals surface area contributed by atoms with Crippen LogP contribution >= 0.6 is 22.7 Å². The minimum absolute atomic E-state index is 1.09. The number of thiophene rings is 2. The van der Waals surface area contributed by atoms with Gasteiger partial charge in [-0.2, -0.15) is 5.10 Å². The number of hydrogen-bond donors (Lipinski definition) is 1. The summed E-state index contributed by atoms with van der Waals surface area (Å²) in [6, 6.07) is 8.28. The molecular weight excluding hydrogens is 200 g/mol. The van der Waals surface area contributed by atoms with Crippen LogP contribution in [0.1, 0.15) is 4.88 Å². The zero-order chi connectivity index (χ0) is 9.10. The monoisotopic (exact) mass is 208 g/mol. The Morgan fingerprint density at radius 1 is 1.23 bits per heavy atom. The lowest BCUT2D eigenvalue weighted by Gasteiger charge is -1.86. The number of hydrogen-bond acceptors (Lipinski definition) is 4. The van der Waals surface area contributed by atoms with Gasteiger partial charge in [-0.05, 0) is 23.6 Å². The SMILES string of the molecule is N/N=C/c1ccc(-c2cccs2)s1. The molecule has 0 aliphatic carbocycles. The average Bonchev–Trinajstić information content (AvgIpc) is 2.70. The molecule has 0 saturated carbocycles. The highest BCUT2D eigenvalue weighted by atomic mass is 32.1. The molecule has 2 aromatic rings. The molecule has 2 aromatic heterocycles. The maximum absolute atomic E-state index is 5.07. The van der Waals surface area contributed by atoms with Crippen molar-refractivity contribution < 1.29 is 0 Å². The maximum atomic E-state index is 5.07. The van der Waals surface area contributed by atoms with Gasteiger partial charge in [-0.15, -0.1) is 22.7 Å². The fourth-order valence-electron chi connectivity index (χ4n) is 1.05. The maximum Gasteiger partial charge on any atom is 0.0638 e. The third-order valence-electron chi connectivity index (χ3n) is 1.59. The molecule has 0 aliphatic heterocycles. The van der Waals surface area contributed by atoms with E-state index in [1.165, 1.54) is 9.75 Å². The van der Waals surface area contributed by atoms with Crippen molar-refractivity contribution in [3.05, 3.63) is 34.5 Å². The van der Waals surface area contributed by atoms with Gasteiger partial charge in [-0.1, -0.05) is 6.07 Å². The van der Waals surface area contributed by atoms with Crippen molar-refractivity contribution in [2.24, 2.45) is 10.9 Å². The Bertz CT molecular complexity index is 401. The lowest BCUT2D eigenvalue weighted by atomic mass is 10.4. The molecule has 0 radical (unpaired) electrons. The summed E-state index contributed by atoms with van der Waals surface area (Å²) >= 11 is 3.44. The molecule has 0 amide bonds. The Hall–Kier alpha value is -1.13. The summed E-state index contributed by atoms with van der Waals surface area (Å²) in [7, 11) is 0. The second-order valence-electron chi connectivity index (χ2n) is 2.46. The van der Waals surface area contributed by atoms with Gasteiger partial charge in [0.05, 0.1) is 6.21 Å². The van der Waals surface area contributed by atoms with E-state index in [-0.39, 0.29) is 0 Å². The third kappa shape index (κ3) is 1.79. The highest BCUT2D eigenvalue weighted by Crippen LogP contribution is 2.30. The number of rotatable bonds is 2. The molecule has 0 bridgehead atoms. The van der Waals surface area contributed by atoms with Crippen molar-refractivity contribution in [1.29, 1.82) is 0 Å². The van der Waals surface area contributed by atoms with Crippen molar-refractivity contribution in [1.82, 2.24) is 0 Å². The van der Waals surface area contributed by atoms with E-state index in [0.717, 1.165) is 4.88 Å². The lowest BCUT2D eigenvalue weighted by Crippen LogP contribution is -1.80. The van der Waals surface area contributed by atoms with Gasteiger partial charge in [0.15, 0.2) is 0 Å². The lowest BCUT2D eigenvalue weighted by molar-refractivity contribution is 1.27. The second kappa shape index (κ2) is 3.72. The first-order valence-electron chi connectivity index (χ1n) is 3.77. The van der Waals surface area contributed by atoms with Crippen LogP contribution in [0.15, 0.2) is 34.7 Å². The Kier molecular flexibility index (Phi) is 2.42. The smallest absolute Gasteiger partial charge is 0.0638 e. The average molecular weight is 208 g/mol. The minimum Gasteiger partial charge on any atom is -0.323 e. The van der Waals surface area contributed by atoms with Crippen LogP contribution in [0.25, 0.3) is 9.75 Å². The molecule has 0 aliphatic rings. The van der Waals surface area contributed by atoms with Crippen LogP contribution in [0.3, 0.4) is 0 Å². The van der Waals surface area contributed by atoms with Gasteiger partial charge in [0.2, 0.25) is 0 Å². The summed E-state index contributed by atoms with van der Waals surface area (Å²) in [6.07, 6.45) is 1.67. The Balaban J connectivity index is 2.33. The van der Waals surface area contributed by atoms with Crippen LogP contribution in [0, 0.1) is 0 Å². The van der Waals surface area contributed by atoms with E-state index in [4.69, 9.17) is 5.84 Å². The van der Waals surface area contributed by atoms with Gasteiger partial charge < -0.3 is 5.84 Å². The third-order valence-corrected chi connectivity index (χ3v) is 3.68. The van der Waals surface area contributed by atoms with E-state index in [1.807, 2.05) is 6.07 Å². The highest BCUT2D eigenvalue weighted by Gasteiger charge is 2.01. The molecule has 2 nitrogen and oxygen atoms in total. The summed E-state index contributed by atoms with van der Waals surface area (Å²) in [4.78, 5) is 3.65. The van der Waals surface area contributed by atoms with Gasteiger partial charge in [0.25, 0.3) is 0 Å². The highest BCUT2D eigenvalue weighted by molar-refractivity contribution is 7.22. The van der Waals surface area contributed by atoms with Crippen LogP contribution in [0.5, 0.6) is 0 Å². The van der Waals surface area contributed by atoms with E-state index in [1.54, 1.807) is 28.9 Å².